The van der Waals surface area contributed by atoms with E-state index in [1.165, 1.54) is 0 Å². The number of H-pyrrole nitrogens is 1. The molecule has 1 aliphatic rings. The van der Waals surface area contributed by atoms with Crippen LogP contribution in [0, 0.1) is 0 Å². The predicted octanol–water partition coefficient (Wildman–Crippen LogP) is 3.42. The highest BCUT2D eigenvalue weighted by molar-refractivity contribution is 5.81. The van der Waals surface area contributed by atoms with E-state index in [4.69, 9.17) is 4.74 Å². The van der Waals surface area contributed by atoms with Crippen molar-refractivity contribution in [2.75, 3.05) is 5.32 Å². The second-order valence-electron chi connectivity index (χ2n) is 7.17. The van der Waals surface area contributed by atoms with Gasteiger partial charge in [0, 0.05) is 23.2 Å². The van der Waals surface area contributed by atoms with Crippen molar-refractivity contribution in [2.24, 2.45) is 0 Å². The first-order valence-electron chi connectivity index (χ1n) is 8.08. The number of alkyl carbamates (subject to hydrolysis) is 1. The zero-order valence-corrected chi connectivity index (χ0v) is 13.8. The number of hydrogen-bond donors (Lipinski definition) is 3. The number of nitrogens with one attached hydrogen (secondary N) is 3. The Hall–Kier alpha value is -2.24. The maximum atomic E-state index is 11.8. The van der Waals surface area contributed by atoms with Crippen molar-refractivity contribution in [3.05, 3.63) is 24.4 Å². The Kier molecular flexibility index (Phi) is 4.15. The minimum Gasteiger partial charge on any atom is -0.444 e. The minimum atomic E-state index is -0.459. The molecule has 2 unspecified atom stereocenters. The molecule has 1 heterocycles. The van der Waals surface area contributed by atoms with Crippen LogP contribution >= 0.6 is 0 Å². The standard InChI is InChI=1S/C17H24N4O2/c1-17(2,3)23-16(22)20-13-7-6-12(8-13)19-14-5-4-11-10-18-21-15(11)9-14/h4-5,9-10,12-13,19H,6-8H2,1-3H3,(H,18,21)(H,20,22). The van der Waals surface area contributed by atoms with Crippen LogP contribution in [0.1, 0.15) is 40.0 Å². The van der Waals surface area contributed by atoms with E-state index in [-0.39, 0.29) is 12.1 Å². The molecular formula is C17H24N4O2. The van der Waals surface area contributed by atoms with Gasteiger partial charge in [0.15, 0.2) is 0 Å². The first-order valence-corrected chi connectivity index (χ1v) is 8.08. The van der Waals surface area contributed by atoms with Gasteiger partial charge in [-0.1, -0.05) is 0 Å². The van der Waals surface area contributed by atoms with Crippen LogP contribution in [-0.4, -0.2) is 34.0 Å². The molecule has 2 aromatic rings. The van der Waals surface area contributed by atoms with Crippen molar-refractivity contribution in [2.45, 2.75) is 57.7 Å². The van der Waals surface area contributed by atoms with Crippen molar-refractivity contribution in [1.82, 2.24) is 15.5 Å². The average molecular weight is 316 g/mol. The summed E-state index contributed by atoms with van der Waals surface area (Å²) in [6, 6.07) is 6.70. The summed E-state index contributed by atoms with van der Waals surface area (Å²) in [6.07, 6.45) is 4.38. The molecule has 23 heavy (non-hydrogen) atoms. The molecule has 1 aromatic carbocycles. The van der Waals surface area contributed by atoms with E-state index in [9.17, 15) is 4.79 Å². The van der Waals surface area contributed by atoms with Crippen LogP contribution < -0.4 is 10.6 Å². The van der Waals surface area contributed by atoms with Gasteiger partial charge < -0.3 is 15.4 Å². The topological polar surface area (TPSA) is 79.0 Å². The summed E-state index contributed by atoms with van der Waals surface area (Å²) in [7, 11) is 0. The molecule has 1 aliphatic carbocycles. The number of carbonyl (C=O) groups is 1. The summed E-state index contributed by atoms with van der Waals surface area (Å²) in [5, 5.41) is 14.6. The van der Waals surface area contributed by atoms with Crippen molar-refractivity contribution < 1.29 is 9.53 Å². The van der Waals surface area contributed by atoms with Crippen molar-refractivity contribution >= 4 is 22.7 Å². The molecule has 1 saturated carbocycles. The third-order valence-electron chi connectivity index (χ3n) is 3.97. The van der Waals surface area contributed by atoms with Gasteiger partial charge in [-0.25, -0.2) is 4.79 Å². The lowest BCUT2D eigenvalue weighted by Crippen LogP contribution is -2.38. The molecule has 2 atom stereocenters. The average Bonchev–Trinajstić information content (AvgIpc) is 3.05. The first kappa shape index (κ1) is 15.6. The normalized spacial score (nSPS) is 21.3. The predicted molar refractivity (Wildman–Crippen MR) is 90.5 cm³/mol. The molecule has 1 amide bonds. The Balaban J connectivity index is 1.52. The summed E-state index contributed by atoms with van der Waals surface area (Å²) in [5.74, 6) is 0. The molecule has 1 aromatic heterocycles. The van der Waals surface area contributed by atoms with E-state index in [1.54, 1.807) is 0 Å². The first-order chi connectivity index (χ1) is 10.9. The van der Waals surface area contributed by atoms with Crippen LogP contribution in [0.4, 0.5) is 10.5 Å². The molecule has 0 saturated heterocycles. The lowest BCUT2D eigenvalue weighted by Gasteiger charge is -2.22. The molecule has 0 aliphatic heterocycles. The van der Waals surface area contributed by atoms with Crippen LogP contribution in [0.5, 0.6) is 0 Å². The van der Waals surface area contributed by atoms with Gasteiger partial charge >= 0.3 is 6.09 Å². The van der Waals surface area contributed by atoms with E-state index in [1.807, 2.05) is 33.0 Å². The van der Waals surface area contributed by atoms with Gasteiger partial charge in [0.05, 0.1) is 11.7 Å². The summed E-state index contributed by atoms with van der Waals surface area (Å²) in [4.78, 5) is 11.8. The van der Waals surface area contributed by atoms with E-state index in [0.717, 1.165) is 35.9 Å². The summed E-state index contributed by atoms with van der Waals surface area (Å²) >= 11 is 0. The number of aromatic amines is 1. The molecule has 0 radical (unpaired) electrons. The van der Waals surface area contributed by atoms with E-state index in [0.29, 0.717) is 6.04 Å². The molecule has 6 nitrogen and oxygen atoms in total. The molecule has 3 rings (SSSR count). The minimum absolute atomic E-state index is 0.165. The monoisotopic (exact) mass is 316 g/mol. The van der Waals surface area contributed by atoms with Gasteiger partial charge in [0.1, 0.15) is 5.60 Å². The van der Waals surface area contributed by atoms with Crippen molar-refractivity contribution in [1.29, 1.82) is 0 Å². The third-order valence-corrected chi connectivity index (χ3v) is 3.97. The number of amides is 1. The fourth-order valence-corrected chi connectivity index (χ4v) is 2.98. The smallest absolute Gasteiger partial charge is 0.407 e. The number of fused-ring (bicyclic) bond motifs is 1. The zero-order valence-electron chi connectivity index (χ0n) is 13.8. The number of aromatic nitrogens is 2. The Morgan fingerprint density at radius 1 is 1.30 bits per heavy atom. The van der Waals surface area contributed by atoms with Crippen LogP contribution in [-0.2, 0) is 4.74 Å². The Morgan fingerprint density at radius 2 is 2.09 bits per heavy atom. The van der Waals surface area contributed by atoms with Crippen LogP contribution in [0.2, 0.25) is 0 Å². The third kappa shape index (κ3) is 4.15. The second kappa shape index (κ2) is 6.10. The molecular weight excluding hydrogens is 292 g/mol. The fraction of sp³-hybridized carbons (Fsp3) is 0.529. The maximum Gasteiger partial charge on any atom is 0.407 e. The molecule has 3 N–H and O–H groups in total. The van der Waals surface area contributed by atoms with E-state index < -0.39 is 5.60 Å². The number of carbonyl (C=O) groups excluding carboxylic acids is 1. The van der Waals surface area contributed by atoms with Crippen molar-refractivity contribution in [3.63, 3.8) is 0 Å². The van der Waals surface area contributed by atoms with Crippen LogP contribution in [0.3, 0.4) is 0 Å². The van der Waals surface area contributed by atoms with Crippen molar-refractivity contribution in [3.8, 4) is 0 Å². The highest BCUT2D eigenvalue weighted by atomic mass is 16.6. The number of benzene rings is 1. The SMILES string of the molecule is CC(C)(C)OC(=O)NC1CCC(Nc2ccc3cn[nH]c3c2)C1. The molecule has 1 fully saturated rings. The number of hydrogen-bond acceptors (Lipinski definition) is 4. The molecule has 0 spiro atoms. The quantitative estimate of drug-likeness (QED) is 0.810. The summed E-state index contributed by atoms with van der Waals surface area (Å²) in [5.41, 5.74) is 1.64. The lowest BCUT2D eigenvalue weighted by molar-refractivity contribution is 0.0505. The fourth-order valence-electron chi connectivity index (χ4n) is 2.98. The van der Waals surface area contributed by atoms with Gasteiger partial charge in [-0.05, 0) is 58.2 Å². The van der Waals surface area contributed by atoms with Gasteiger partial charge in [0.25, 0.3) is 0 Å². The Bertz CT molecular complexity index is 689. The van der Waals surface area contributed by atoms with E-state index in [2.05, 4.69) is 33.0 Å². The number of nitrogens with zero attached hydrogens (tertiary/aromatic N) is 1. The van der Waals surface area contributed by atoms with E-state index >= 15 is 0 Å². The van der Waals surface area contributed by atoms with Crippen LogP contribution in [0.25, 0.3) is 10.9 Å². The summed E-state index contributed by atoms with van der Waals surface area (Å²) in [6.45, 7) is 5.62. The maximum absolute atomic E-state index is 11.8. The molecule has 0 bridgehead atoms. The Morgan fingerprint density at radius 3 is 2.87 bits per heavy atom. The molecule has 124 valence electrons. The highest BCUT2D eigenvalue weighted by Crippen LogP contribution is 2.25. The lowest BCUT2D eigenvalue weighted by atomic mass is 10.2. The summed E-state index contributed by atoms with van der Waals surface area (Å²) < 4.78 is 5.31. The number of anilines is 1. The second-order valence-corrected chi connectivity index (χ2v) is 7.17. The van der Waals surface area contributed by atoms with Crippen LogP contribution in [0.15, 0.2) is 24.4 Å². The van der Waals surface area contributed by atoms with Gasteiger partial charge in [-0.3, -0.25) is 5.10 Å². The van der Waals surface area contributed by atoms with Gasteiger partial charge in [0.2, 0.25) is 0 Å². The van der Waals surface area contributed by atoms with Gasteiger partial charge in [-0.2, -0.15) is 5.10 Å². The Labute approximate surface area is 136 Å². The zero-order chi connectivity index (χ0) is 16.4. The largest absolute Gasteiger partial charge is 0.444 e. The highest BCUT2D eigenvalue weighted by Gasteiger charge is 2.27. The van der Waals surface area contributed by atoms with Gasteiger partial charge in [-0.15, -0.1) is 0 Å². The number of ether oxygens (including phenoxy) is 1. The number of rotatable bonds is 3. The molecule has 6 heteroatoms.